The Bertz CT molecular complexity index is 95.1. The van der Waals surface area contributed by atoms with Crippen LogP contribution in [0.5, 0.6) is 0 Å². The Hall–Kier alpha value is -0.310. The fraction of sp³-hybridized carbons (Fsp3) is 0.833. The summed E-state index contributed by atoms with van der Waals surface area (Å²) in [5, 5.41) is 3.22. The summed E-state index contributed by atoms with van der Waals surface area (Å²) in [4.78, 5) is 0. The Morgan fingerprint density at radius 3 is 2.67 bits per heavy atom. The van der Waals surface area contributed by atoms with Crippen molar-refractivity contribution in [2.45, 2.75) is 26.4 Å². The Morgan fingerprint density at radius 1 is 1.78 bits per heavy atom. The third kappa shape index (κ3) is 4.21. The van der Waals surface area contributed by atoms with Gasteiger partial charge in [0.05, 0.1) is 6.10 Å². The molecule has 0 aromatic heterocycles. The quantitative estimate of drug-likeness (QED) is 0.595. The van der Waals surface area contributed by atoms with Crippen LogP contribution in [0.15, 0.2) is 0 Å². The van der Waals surface area contributed by atoms with Gasteiger partial charge < -0.3 is 10.1 Å². The molecule has 0 aliphatic carbocycles. The molecule has 0 aliphatic rings. The lowest BCUT2D eigenvalue weighted by Gasteiger charge is -2.11. The standard InChI is InChI=1S/C6H13NOS/c1-4-5(2)8-6(9)7-3/h5H,4H2,1-3H3,(H,7,9)/t5-/m1/s1. The van der Waals surface area contributed by atoms with Gasteiger partial charge in [0.1, 0.15) is 0 Å². The highest BCUT2D eigenvalue weighted by Gasteiger charge is 1.99. The Labute approximate surface area is 61.6 Å². The molecule has 0 bridgehead atoms. The van der Waals surface area contributed by atoms with E-state index in [1.54, 1.807) is 7.05 Å². The summed E-state index contributed by atoms with van der Waals surface area (Å²) in [6.07, 6.45) is 1.21. The van der Waals surface area contributed by atoms with Crippen LogP contribution in [0, 0.1) is 0 Å². The van der Waals surface area contributed by atoms with Crippen molar-refractivity contribution in [2.75, 3.05) is 7.05 Å². The third-order valence-electron chi connectivity index (χ3n) is 1.09. The number of thiocarbonyl (C=S) groups is 1. The molecule has 0 radical (unpaired) electrons. The minimum atomic E-state index is 0.227. The van der Waals surface area contributed by atoms with Crippen molar-refractivity contribution in [1.82, 2.24) is 5.32 Å². The summed E-state index contributed by atoms with van der Waals surface area (Å²) >= 11 is 4.76. The zero-order valence-corrected chi connectivity index (χ0v) is 6.92. The number of nitrogens with one attached hydrogen (secondary N) is 1. The first-order valence-electron chi connectivity index (χ1n) is 3.09. The van der Waals surface area contributed by atoms with E-state index in [0.717, 1.165) is 6.42 Å². The highest BCUT2D eigenvalue weighted by atomic mass is 32.1. The normalized spacial score (nSPS) is 12.3. The predicted molar refractivity (Wildman–Crippen MR) is 42.5 cm³/mol. The second kappa shape index (κ2) is 4.56. The van der Waals surface area contributed by atoms with E-state index >= 15 is 0 Å². The first-order chi connectivity index (χ1) is 4.20. The van der Waals surface area contributed by atoms with Crippen molar-refractivity contribution >= 4 is 17.4 Å². The first kappa shape index (κ1) is 8.69. The summed E-state index contributed by atoms with van der Waals surface area (Å²) in [5.41, 5.74) is 0. The van der Waals surface area contributed by atoms with Crippen molar-refractivity contribution in [3.05, 3.63) is 0 Å². The molecule has 0 aliphatic heterocycles. The van der Waals surface area contributed by atoms with Crippen LogP contribution in [0.1, 0.15) is 20.3 Å². The summed E-state index contributed by atoms with van der Waals surface area (Å²) < 4.78 is 5.17. The maximum Gasteiger partial charge on any atom is 0.256 e. The lowest BCUT2D eigenvalue weighted by atomic mass is 10.3. The second-order valence-corrected chi connectivity index (χ2v) is 2.24. The molecule has 1 N–H and O–H groups in total. The molecule has 0 saturated heterocycles. The van der Waals surface area contributed by atoms with E-state index < -0.39 is 0 Å². The second-order valence-electron chi connectivity index (χ2n) is 1.87. The van der Waals surface area contributed by atoms with E-state index in [0.29, 0.717) is 5.17 Å². The molecule has 3 heteroatoms. The number of ether oxygens (including phenoxy) is 1. The molecule has 0 aromatic rings. The first-order valence-corrected chi connectivity index (χ1v) is 3.49. The van der Waals surface area contributed by atoms with Gasteiger partial charge in [0.15, 0.2) is 0 Å². The lowest BCUT2D eigenvalue weighted by molar-refractivity contribution is 0.202. The van der Waals surface area contributed by atoms with Crippen LogP contribution in [0.3, 0.4) is 0 Å². The van der Waals surface area contributed by atoms with Gasteiger partial charge in [-0.2, -0.15) is 0 Å². The molecule has 0 unspecified atom stereocenters. The topological polar surface area (TPSA) is 21.3 Å². The zero-order valence-electron chi connectivity index (χ0n) is 6.10. The van der Waals surface area contributed by atoms with E-state index in [2.05, 4.69) is 12.2 Å². The maximum absolute atomic E-state index is 5.17. The summed E-state index contributed by atoms with van der Waals surface area (Å²) in [5.74, 6) is 0. The van der Waals surface area contributed by atoms with Crippen molar-refractivity contribution in [1.29, 1.82) is 0 Å². The van der Waals surface area contributed by atoms with Crippen LogP contribution in [-0.4, -0.2) is 18.3 Å². The molecule has 0 spiro atoms. The van der Waals surface area contributed by atoms with E-state index in [1.807, 2.05) is 6.92 Å². The average Bonchev–Trinajstić information content (AvgIpc) is 1.87. The number of hydrogen-bond donors (Lipinski definition) is 1. The monoisotopic (exact) mass is 147 g/mol. The molecule has 0 fully saturated rings. The molecule has 0 saturated carbocycles. The van der Waals surface area contributed by atoms with Gasteiger partial charge in [-0.3, -0.25) is 0 Å². The van der Waals surface area contributed by atoms with Gasteiger partial charge in [-0.15, -0.1) is 0 Å². The minimum absolute atomic E-state index is 0.227. The average molecular weight is 147 g/mol. The fourth-order valence-electron chi connectivity index (χ4n) is 0.325. The van der Waals surface area contributed by atoms with Gasteiger partial charge >= 0.3 is 0 Å². The van der Waals surface area contributed by atoms with Crippen molar-refractivity contribution in [3.63, 3.8) is 0 Å². The molecule has 54 valence electrons. The number of hydrogen-bond acceptors (Lipinski definition) is 2. The van der Waals surface area contributed by atoms with Gasteiger partial charge in [-0.25, -0.2) is 0 Å². The van der Waals surface area contributed by atoms with Gasteiger partial charge in [-0.05, 0) is 25.6 Å². The van der Waals surface area contributed by atoms with Crippen molar-refractivity contribution in [2.24, 2.45) is 0 Å². The smallest absolute Gasteiger partial charge is 0.256 e. The highest BCUT2D eigenvalue weighted by Crippen LogP contribution is 1.94. The third-order valence-corrected chi connectivity index (χ3v) is 1.39. The summed E-state index contributed by atoms with van der Waals surface area (Å²) in [6.45, 7) is 4.05. The van der Waals surface area contributed by atoms with Crippen molar-refractivity contribution in [3.8, 4) is 0 Å². The SMILES string of the molecule is CC[C@@H](C)OC(=S)NC. The molecular formula is C6H13NOS. The van der Waals surface area contributed by atoms with Gasteiger partial charge in [-0.1, -0.05) is 6.92 Å². The molecule has 0 aromatic carbocycles. The zero-order chi connectivity index (χ0) is 7.28. The van der Waals surface area contributed by atoms with E-state index in [-0.39, 0.29) is 6.10 Å². The fourth-order valence-corrected chi connectivity index (χ4v) is 0.489. The van der Waals surface area contributed by atoms with E-state index in [4.69, 9.17) is 17.0 Å². The van der Waals surface area contributed by atoms with Crippen LogP contribution in [-0.2, 0) is 4.74 Å². The van der Waals surface area contributed by atoms with Crippen LogP contribution in [0.2, 0.25) is 0 Å². The Morgan fingerprint density at radius 2 is 2.33 bits per heavy atom. The Balaban J connectivity index is 3.34. The van der Waals surface area contributed by atoms with Crippen LogP contribution >= 0.6 is 12.2 Å². The number of rotatable bonds is 2. The minimum Gasteiger partial charge on any atom is -0.468 e. The molecule has 9 heavy (non-hydrogen) atoms. The lowest BCUT2D eigenvalue weighted by Crippen LogP contribution is -2.23. The Kier molecular flexibility index (Phi) is 4.40. The maximum atomic E-state index is 5.17. The summed E-state index contributed by atoms with van der Waals surface area (Å²) in [7, 11) is 1.75. The highest BCUT2D eigenvalue weighted by molar-refractivity contribution is 7.80. The van der Waals surface area contributed by atoms with Crippen molar-refractivity contribution < 1.29 is 4.74 Å². The molecule has 1 atom stereocenters. The van der Waals surface area contributed by atoms with Crippen LogP contribution < -0.4 is 5.32 Å². The molecule has 0 rings (SSSR count). The van der Waals surface area contributed by atoms with Crippen LogP contribution in [0.4, 0.5) is 0 Å². The molecule has 0 heterocycles. The van der Waals surface area contributed by atoms with E-state index in [1.165, 1.54) is 0 Å². The van der Waals surface area contributed by atoms with E-state index in [9.17, 15) is 0 Å². The van der Waals surface area contributed by atoms with Gasteiger partial charge in [0.25, 0.3) is 5.17 Å². The van der Waals surface area contributed by atoms with Gasteiger partial charge in [0.2, 0.25) is 0 Å². The van der Waals surface area contributed by atoms with Gasteiger partial charge in [0, 0.05) is 7.05 Å². The molecule has 2 nitrogen and oxygen atoms in total. The molecule has 0 amide bonds. The predicted octanol–water partition coefficient (Wildman–Crippen LogP) is 1.31. The van der Waals surface area contributed by atoms with Crippen LogP contribution in [0.25, 0.3) is 0 Å². The summed E-state index contributed by atoms with van der Waals surface area (Å²) in [6, 6.07) is 0. The largest absolute Gasteiger partial charge is 0.468 e. The molecular weight excluding hydrogens is 134 g/mol.